The molecule has 0 bridgehead atoms. The summed E-state index contributed by atoms with van der Waals surface area (Å²) in [5.74, 6) is -0.101. The molecule has 0 heterocycles. The molecule has 0 saturated carbocycles. The van der Waals surface area contributed by atoms with Gasteiger partial charge in [0.15, 0.2) is 0 Å². The second-order valence-electron chi connectivity index (χ2n) is 9.70. The van der Waals surface area contributed by atoms with Gasteiger partial charge in [-0.25, -0.2) is 0 Å². The number of carbonyl (C=O) groups excluding carboxylic acids is 2. The van der Waals surface area contributed by atoms with Gasteiger partial charge in [0.2, 0.25) is 11.8 Å². The highest BCUT2D eigenvalue weighted by Crippen LogP contribution is 2.18. The fourth-order valence-electron chi connectivity index (χ4n) is 4.22. The van der Waals surface area contributed by atoms with Gasteiger partial charge in [-0.3, -0.25) is 9.59 Å². The summed E-state index contributed by atoms with van der Waals surface area (Å²) in [6, 6.07) is 26.1. The predicted molar refractivity (Wildman–Crippen MR) is 148 cm³/mol. The standard InChI is InChI=1S/C32H40N2O2/c1-5-25(4)33-32(36)30(22-28-10-8-7-9-11-28)34(23-29-14-12-24(3)13-15-29)31(35)21-20-27-18-16-26(6-2)17-19-27/h7-19,25,30H,5-6,20-23H2,1-4H3,(H,33,36)/t25-,30+/m0/s1. The Hall–Kier alpha value is -3.40. The summed E-state index contributed by atoms with van der Waals surface area (Å²) in [5.41, 5.74) is 5.66. The summed E-state index contributed by atoms with van der Waals surface area (Å²) >= 11 is 0. The first kappa shape index (κ1) is 27.2. The Morgan fingerprint density at radius 3 is 2.03 bits per heavy atom. The van der Waals surface area contributed by atoms with Crippen LogP contribution in [-0.4, -0.2) is 28.8 Å². The van der Waals surface area contributed by atoms with Gasteiger partial charge in [-0.1, -0.05) is 98.3 Å². The number of nitrogens with one attached hydrogen (secondary N) is 1. The summed E-state index contributed by atoms with van der Waals surface area (Å²) in [6.07, 6.45) is 3.32. The van der Waals surface area contributed by atoms with E-state index in [4.69, 9.17) is 0 Å². The molecule has 3 aromatic rings. The molecule has 0 unspecified atom stereocenters. The first-order valence-corrected chi connectivity index (χ1v) is 13.2. The van der Waals surface area contributed by atoms with Crippen molar-refractivity contribution in [3.05, 3.63) is 107 Å². The van der Waals surface area contributed by atoms with Crippen molar-refractivity contribution in [1.29, 1.82) is 0 Å². The van der Waals surface area contributed by atoms with E-state index in [1.807, 2.05) is 56.3 Å². The van der Waals surface area contributed by atoms with Crippen LogP contribution in [0.25, 0.3) is 0 Å². The van der Waals surface area contributed by atoms with Crippen LogP contribution in [0.2, 0.25) is 0 Å². The summed E-state index contributed by atoms with van der Waals surface area (Å²) in [5, 5.41) is 3.13. The molecule has 36 heavy (non-hydrogen) atoms. The van der Waals surface area contributed by atoms with Crippen LogP contribution in [0, 0.1) is 6.92 Å². The molecule has 0 spiro atoms. The van der Waals surface area contributed by atoms with Crippen LogP contribution < -0.4 is 5.32 Å². The Balaban J connectivity index is 1.88. The summed E-state index contributed by atoms with van der Waals surface area (Å²) < 4.78 is 0. The number of nitrogens with zero attached hydrogens (tertiary/aromatic N) is 1. The third kappa shape index (κ3) is 8.08. The van der Waals surface area contributed by atoms with Crippen molar-refractivity contribution in [2.24, 2.45) is 0 Å². The Morgan fingerprint density at radius 1 is 0.806 bits per heavy atom. The molecule has 0 aliphatic rings. The average molecular weight is 485 g/mol. The zero-order valence-corrected chi connectivity index (χ0v) is 22.2. The highest BCUT2D eigenvalue weighted by molar-refractivity contribution is 5.88. The van der Waals surface area contributed by atoms with Gasteiger partial charge in [0, 0.05) is 25.4 Å². The Morgan fingerprint density at radius 2 is 1.42 bits per heavy atom. The normalized spacial score (nSPS) is 12.6. The van der Waals surface area contributed by atoms with Crippen molar-refractivity contribution in [1.82, 2.24) is 10.2 Å². The van der Waals surface area contributed by atoms with Crippen LogP contribution in [0.1, 0.15) is 61.4 Å². The van der Waals surface area contributed by atoms with Crippen molar-refractivity contribution in [2.45, 2.75) is 78.4 Å². The molecule has 0 saturated heterocycles. The van der Waals surface area contributed by atoms with Crippen molar-refractivity contribution >= 4 is 11.8 Å². The quantitative estimate of drug-likeness (QED) is 0.340. The third-order valence-electron chi connectivity index (χ3n) is 6.80. The lowest BCUT2D eigenvalue weighted by molar-refractivity contribution is -0.141. The maximum atomic E-state index is 13.7. The van der Waals surface area contributed by atoms with Crippen LogP contribution in [0.15, 0.2) is 78.9 Å². The zero-order valence-electron chi connectivity index (χ0n) is 22.2. The number of carbonyl (C=O) groups is 2. The highest BCUT2D eigenvalue weighted by Gasteiger charge is 2.30. The van der Waals surface area contributed by atoms with E-state index in [1.54, 1.807) is 4.90 Å². The number of aryl methyl sites for hydroxylation is 3. The molecule has 2 atom stereocenters. The van der Waals surface area contributed by atoms with Crippen LogP contribution in [0.3, 0.4) is 0 Å². The van der Waals surface area contributed by atoms with Gasteiger partial charge in [-0.2, -0.15) is 0 Å². The zero-order chi connectivity index (χ0) is 25.9. The van der Waals surface area contributed by atoms with E-state index in [-0.39, 0.29) is 17.9 Å². The summed E-state index contributed by atoms with van der Waals surface area (Å²) in [7, 11) is 0. The Bertz CT molecular complexity index is 1090. The molecule has 190 valence electrons. The van der Waals surface area contributed by atoms with Gasteiger partial charge in [0.05, 0.1) is 0 Å². The molecular formula is C32H40N2O2. The molecular weight excluding hydrogens is 444 g/mol. The minimum Gasteiger partial charge on any atom is -0.352 e. The van der Waals surface area contributed by atoms with Gasteiger partial charge in [0.25, 0.3) is 0 Å². The largest absolute Gasteiger partial charge is 0.352 e. The van der Waals surface area contributed by atoms with Crippen molar-refractivity contribution < 1.29 is 9.59 Å². The molecule has 3 aromatic carbocycles. The van der Waals surface area contributed by atoms with E-state index in [9.17, 15) is 9.59 Å². The van der Waals surface area contributed by atoms with Gasteiger partial charge in [-0.15, -0.1) is 0 Å². The van der Waals surface area contributed by atoms with Crippen LogP contribution in [0.4, 0.5) is 0 Å². The highest BCUT2D eigenvalue weighted by atomic mass is 16.2. The van der Waals surface area contributed by atoms with Crippen molar-refractivity contribution in [2.75, 3.05) is 0 Å². The van der Waals surface area contributed by atoms with Crippen LogP contribution >= 0.6 is 0 Å². The average Bonchev–Trinajstić information content (AvgIpc) is 2.91. The monoisotopic (exact) mass is 484 g/mol. The van der Waals surface area contributed by atoms with Gasteiger partial charge >= 0.3 is 0 Å². The molecule has 1 N–H and O–H groups in total. The van der Waals surface area contributed by atoms with E-state index in [0.29, 0.717) is 25.8 Å². The maximum absolute atomic E-state index is 13.7. The topological polar surface area (TPSA) is 49.4 Å². The molecule has 0 aliphatic carbocycles. The van der Waals surface area contributed by atoms with Gasteiger partial charge in [-0.05, 0) is 55.4 Å². The smallest absolute Gasteiger partial charge is 0.243 e. The first-order valence-electron chi connectivity index (χ1n) is 13.2. The predicted octanol–water partition coefficient (Wildman–Crippen LogP) is 6.04. The molecule has 0 fully saturated rings. The van der Waals surface area contributed by atoms with E-state index in [0.717, 1.165) is 29.5 Å². The van der Waals surface area contributed by atoms with E-state index >= 15 is 0 Å². The molecule has 0 aliphatic heterocycles. The third-order valence-corrected chi connectivity index (χ3v) is 6.80. The van der Waals surface area contributed by atoms with E-state index in [1.165, 1.54) is 11.1 Å². The van der Waals surface area contributed by atoms with E-state index < -0.39 is 6.04 Å². The van der Waals surface area contributed by atoms with Gasteiger partial charge < -0.3 is 10.2 Å². The molecule has 0 aromatic heterocycles. The number of benzene rings is 3. The first-order chi connectivity index (χ1) is 17.4. The Kier molecular flexibility index (Phi) is 10.3. The number of rotatable bonds is 12. The number of hydrogen-bond donors (Lipinski definition) is 1. The Labute approximate surface area is 216 Å². The van der Waals surface area contributed by atoms with Crippen LogP contribution in [-0.2, 0) is 35.4 Å². The lowest BCUT2D eigenvalue weighted by atomic mass is 10.0. The fraction of sp³-hybridized carbons (Fsp3) is 0.375. The number of amides is 2. The van der Waals surface area contributed by atoms with Gasteiger partial charge in [0.1, 0.15) is 6.04 Å². The minimum atomic E-state index is -0.585. The molecule has 4 heteroatoms. The lowest BCUT2D eigenvalue weighted by Gasteiger charge is -2.32. The summed E-state index contributed by atoms with van der Waals surface area (Å²) in [6.45, 7) is 8.65. The molecule has 2 amide bonds. The molecule has 3 rings (SSSR count). The number of hydrogen-bond acceptors (Lipinski definition) is 2. The van der Waals surface area contributed by atoms with E-state index in [2.05, 4.69) is 55.6 Å². The second-order valence-corrected chi connectivity index (χ2v) is 9.70. The summed E-state index contributed by atoms with van der Waals surface area (Å²) in [4.78, 5) is 29.1. The van der Waals surface area contributed by atoms with Crippen molar-refractivity contribution in [3.8, 4) is 0 Å². The lowest BCUT2D eigenvalue weighted by Crippen LogP contribution is -2.52. The second kappa shape index (κ2) is 13.6. The SMILES string of the molecule is CCc1ccc(CCC(=O)N(Cc2ccc(C)cc2)[C@H](Cc2ccccc2)C(=O)N[C@@H](C)CC)cc1. The fourth-order valence-corrected chi connectivity index (χ4v) is 4.22. The maximum Gasteiger partial charge on any atom is 0.243 e. The van der Waals surface area contributed by atoms with Crippen LogP contribution in [0.5, 0.6) is 0 Å². The molecule has 0 radical (unpaired) electrons. The van der Waals surface area contributed by atoms with Crippen molar-refractivity contribution in [3.63, 3.8) is 0 Å². The molecule has 4 nitrogen and oxygen atoms in total. The minimum absolute atomic E-state index is 0.00428.